The van der Waals surface area contributed by atoms with Crippen LogP contribution in [0.1, 0.15) is 25.0 Å². The van der Waals surface area contributed by atoms with Crippen molar-refractivity contribution >= 4 is 11.9 Å². The van der Waals surface area contributed by atoms with E-state index in [1.807, 2.05) is 53.3 Å². The summed E-state index contributed by atoms with van der Waals surface area (Å²) in [6.45, 7) is 6.11. The van der Waals surface area contributed by atoms with Crippen LogP contribution < -0.4 is 0 Å². The van der Waals surface area contributed by atoms with Crippen LogP contribution in [-0.2, 0) is 0 Å². The molecule has 0 saturated heterocycles. The van der Waals surface area contributed by atoms with Gasteiger partial charge in [-0.05, 0) is 26.6 Å². The molecule has 1 unspecified atom stereocenters. The molecule has 0 fully saturated rings. The monoisotopic (exact) mass is 261 g/mol. The molecule has 19 heavy (non-hydrogen) atoms. The largest absolute Gasteiger partial charge is 0.299 e. The number of likely N-dealkylation sites (N-methyl/N-ethyl adjacent to an activating group) is 1. The van der Waals surface area contributed by atoms with Crippen LogP contribution in [0.4, 0.5) is 0 Å². The Morgan fingerprint density at radius 3 is 2.16 bits per heavy atom. The van der Waals surface area contributed by atoms with Gasteiger partial charge in [0, 0.05) is 25.9 Å². The molecule has 0 aromatic heterocycles. The minimum absolute atomic E-state index is 0.117. The summed E-state index contributed by atoms with van der Waals surface area (Å²) < 4.78 is 0. The summed E-state index contributed by atoms with van der Waals surface area (Å²) in [5.41, 5.74) is 3.48. The van der Waals surface area contributed by atoms with Crippen molar-refractivity contribution < 1.29 is 0 Å². The number of aryl methyl sites for hydroxylation is 1. The minimum atomic E-state index is 0.117. The average Bonchev–Trinajstić information content (AvgIpc) is 2.42. The molecule has 3 heteroatoms. The second-order valence-corrected chi connectivity index (χ2v) is 4.24. The number of benzene rings is 1. The first-order valence-electron chi connectivity index (χ1n) is 6.73. The van der Waals surface area contributed by atoms with Gasteiger partial charge in [-0.15, -0.1) is 0 Å². The molecule has 1 atom stereocenters. The topological polar surface area (TPSA) is 28.0 Å². The Morgan fingerprint density at radius 2 is 1.74 bits per heavy atom. The highest BCUT2D eigenvalue weighted by Gasteiger charge is 2.18. The van der Waals surface area contributed by atoms with Crippen molar-refractivity contribution in [2.75, 3.05) is 28.2 Å². The predicted octanol–water partition coefficient (Wildman–Crippen LogP) is 3.07. The van der Waals surface area contributed by atoms with Gasteiger partial charge in [-0.2, -0.15) is 0 Å². The van der Waals surface area contributed by atoms with E-state index in [1.165, 1.54) is 11.1 Å². The molecule has 0 spiro atoms. The summed E-state index contributed by atoms with van der Waals surface area (Å²) in [5, 5.41) is 0. The van der Waals surface area contributed by atoms with Gasteiger partial charge in [0.15, 0.2) is 0 Å². The standard InChI is InChI=1S/C14H21N3.C2H6/c1-11-8-6-7-9-12(11)14(16-3)13(10-15-2)17(4)5;1-2/h6-10,13H,1-5H3;1-2H3. The Morgan fingerprint density at radius 1 is 1.16 bits per heavy atom. The molecule has 1 rings (SSSR count). The number of nitrogens with zero attached hydrogens (tertiary/aromatic N) is 3. The molecule has 0 aliphatic carbocycles. The van der Waals surface area contributed by atoms with Crippen LogP contribution in [0.3, 0.4) is 0 Å². The molecule has 0 radical (unpaired) electrons. The van der Waals surface area contributed by atoms with Crippen LogP contribution in [0.25, 0.3) is 0 Å². The predicted molar refractivity (Wildman–Crippen MR) is 86.9 cm³/mol. The van der Waals surface area contributed by atoms with Crippen LogP contribution in [0.5, 0.6) is 0 Å². The van der Waals surface area contributed by atoms with Gasteiger partial charge in [-0.25, -0.2) is 0 Å². The van der Waals surface area contributed by atoms with E-state index in [2.05, 4.69) is 33.9 Å². The zero-order chi connectivity index (χ0) is 14.8. The molecule has 106 valence electrons. The fraction of sp³-hybridized carbons (Fsp3) is 0.500. The number of hydrogen-bond acceptors (Lipinski definition) is 3. The lowest BCUT2D eigenvalue weighted by molar-refractivity contribution is 0.428. The smallest absolute Gasteiger partial charge is 0.0871 e. The van der Waals surface area contributed by atoms with Gasteiger partial charge in [0.1, 0.15) is 0 Å². The molecule has 1 aromatic carbocycles. The summed E-state index contributed by atoms with van der Waals surface area (Å²) in [5.74, 6) is 0. The fourth-order valence-electron chi connectivity index (χ4n) is 1.86. The Bertz CT molecular complexity index is 420. The molecule has 0 aliphatic heterocycles. The maximum absolute atomic E-state index is 4.44. The molecule has 0 heterocycles. The van der Waals surface area contributed by atoms with Gasteiger partial charge in [-0.3, -0.25) is 14.9 Å². The molecule has 0 amide bonds. The molecule has 1 aromatic rings. The van der Waals surface area contributed by atoms with Crippen LogP contribution in [0, 0.1) is 6.92 Å². The molecule has 0 saturated carbocycles. The maximum Gasteiger partial charge on any atom is 0.0871 e. The SMILES string of the molecule is CC.CN=CC(C(=NC)c1ccccc1C)N(C)C. The van der Waals surface area contributed by atoms with Crippen molar-refractivity contribution in [3.63, 3.8) is 0 Å². The van der Waals surface area contributed by atoms with E-state index < -0.39 is 0 Å². The molecular formula is C16H27N3. The first kappa shape index (κ1) is 17.5. The molecule has 0 bridgehead atoms. The van der Waals surface area contributed by atoms with Crippen molar-refractivity contribution in [3.8, 4) is 0 Å². The Kier molecular flexibility index (Phi) is 8.71. The summed E-state index contributed by atoms with van der Waals surface area (Å²) in [6, 6.07) is 8.42. The summed E-state index contributed by atoms with van der Waals surface area (Å²) in [4.78, 5) is 10.7. The summed E-state index contributed by atoms with van der Waals surface area (Å²) in [6.07, 6.45) is 1.93. The fourth-order valence-corrected chi connectivity index (χ4v) is 1.86. The molecule has 0 N–H and O–H groups in total. The van der Waals surface area contributed by atoms with Crippen LogP contribution in [-0.4, -0.2) is 51.1 Å². The van der Waals surface area contributed by atoms with Crippen molar-refractivity contribution in [2.24, 2.45) is 9.98 Å². The Hall–Kier alpha value is -1.48. The quantitative estimate of drug-likeness (QED) is 0.766. The summed E-state index contributed by atoms with van der Waals surface area (Å²) >= 11 is 0. The van der Waals surface area contributed by atoms with E-state index in [0.29, 0.717) is 0 Å². The number of aliphatic imine (C=N–C) groups is 2. The van der Waals surface area contributed by atoms with Crippen LogP contribution in [0.15, 0.2) is 34.3 Å². The van der Waals surface area contributed by atoms with Crippen molar-refractivity contribution in [1.82, 2.24) is 4.90 Å². The average molecular weight is 261 g/mol. The van der Waals surface area contributed by atoms with Crippen molar-refractivity contribution in [1.29, 1.82) is 0 Å². The minimum Gasteiger partial charge on any atom is -0.299 e. The second-order valence-electron chi connectivity index (χ2n) is 4.24. The van der Waals surface area contributed by atoms with E-state index in [9.17, 15) is 0 Å². The molecule has 3 nitrogen and oxygen atoms in total. The van der Waals surface area contributed by atoms with Crippen molar-refractivity contribution in [3.05, 3.63) is 35.4 Å². The van der Waals surface area contributed by atoms with E-state index in [0.717, 1.165) is 5.71 Å². The van der Waals surface area contributed by atoms with E-state index in [1.54, 1.807) is 7.05 Å². The first-order valence-corrected chi connectivity index (χ1v) is 6.73. The zero-order valence-electron chi connectivity index (χ0n) is 13.3. The normalized spacial score (nSPS) is 13.4. The highest BCUT2D eigenvalue weighted by atomic mass is 15.1. The maximum atomic E-state index is 4.44. The third-order valence-corrected chi connectivity index (χ3v) is 2.79. The van der Waals surface area contributed by atoms with E-state index in [4.69, 9.17) is 0 Å². The lowest BCUT2D eigenvalue weighted by atomic mass is 9.98. The zero-order valence-corrected chi connectivity index (χ0v) is 13.3. The van der Waals surface area contributed by atoms with Gasteiger partial charge < -0.3 is 0 Å². The first-order chi connectivity index (χ1) is 9.11. The van der Waals surface area contributed by atoms with Crippen molar-refractivity contribution in [2.45, 2.75) is 26.8 Å². The van der Waals surface area contributed by atoms with Gasteiger partial charge in [0.05, 0.1) is 11.8 Å². The third-order valence-electron chi connectivity index (χ3n) is 2.79. The van der Waals surface area contributed by atoms with Gasteiger partial charge >= 0.3 is 0 Å². The highest BCUT2D eigenvalue weighted by Crippen LogP contribution is 2.12. The van der Waals surface area contributed by atoms with Gasteiger partial charge in [0.25, 0.3) is 0 Å². The lowest BCUT2D eigenvalue weighted by Crippen LogP contribution is -2.38. The van der Waals surface area contributed by atoms with Gasteiger partial charge in [-0.1, -0.05) is 38.1 Å². The van der Waals surface area contributed by atoms with E-state index >= 15 is 0 Å². The second kappa shape index (κ2) is 9.45. The Labute approximate surface area is 118 Å². The molecular weight excluding hydrogens is 234 g/mol. The van der Waals surface area contributed by atoms with E-state index in [-0.39, 0.29) is 6.04 Å². The number of rotatable bonds is 4. The number of hydrogen-bond donors (Lipinski definition) is 0. The van der Waals surface area contributed by atoms with Crippen LogP contribution >= 0.6 is 0 Å². The molecule has 0 aliphatic rings. The highest BCUT2D eigenvalue weighted by molar-refractivity contribution is 6.13. The lowest BCUT2D eigenvalue weighted by Gasteiger charge is -2.23. The third kappa shape index (κ3) is 4.95. The van der Waals surface area contributed by atoms with Crippen LogP contribution in [0.2, 0.25) is 0 Å². The van der Waals surface area contributed by atoms with Gasteiger partial charge in [0.2, 0.25) is 0 Å². The Balaban J connectivity index is 0.00000154. The summed E-state index contributed by atoms with van der Waals surface area (Å²) in [7, 11) is 7.70.